The molecule has 0 heterocycles. The lowest BCUT2D eigenvalue weighted by Crippen LogP contribution is -2.57. The van der Waals surface area contributed by atoms with E-state index in [0.717, 1.165) is 0 Å². The van der Waals surface area contributed by atoms with E-state index >= 15 is 0 Å². The van der Waals surface area contributed by atoms with Gasteiger partial charge in [0.2, 0.25) is 5.91 Å². The van der Waals surface area contributed by atoms with E-state index in [4.69, 9.17) is 10.8 Å². The summed E-state index contributed by atoms with van der Waals surface area (Å²) in [5, 5.41) is 11.6. The van der Waals surface area contributed by atoms with Crippen LogP contribution in [0.25, 0.3) is 0 Å². The highest BCUT2D eigenvalue weighted by Crippen LogP contribution is 2.15. The van der Waals surface area contributed by atoms with Gasteiger partial charge < -0.3 is 16.2 Å². The van der Waals surface area contributed by atoms with E-state index in [2.05, 4.69) is 5.32 Å². The predicted octanol–water partition coefficient (Wildman–Crippen LogP) is 0.483. The summed E-state index contributed by atoms with van der Waals surface area (Å²) in [7, 11) is 0. The monoisotopic (exact) mass is 216 g/mol. The Kier molecular flexibility index (Phi) is 5.28. The van der Waals surface area contributed by atoms with Gasteiger partial charge in [0.1, 0.15) is 5.54 Å². The molecule has 0 spiro atoms. The number of carbonyl (C=O) groups excluding carboxylic acids is 1. The molecule has 1 unspecified atom stereocenters. The summed E-state index contributed by atoms with van der Waals surface area (Å²) < 4.78 is 0. The highest BCUT2D eigenvalue weighted by molar-refractivity contribution is 5.89. The second-order valence-electron chi connectivity index (χ2n) is 3.60. The quantitative estimate of drug-likeness (QED) is 0.602. The molecular weight excluding hydrogens is 196 g/mol. The Morgan fingerprint density at radius 3 is 2.07 bits per heavy atom. The van der Waals surface area contributed by atoms with Crippen molar-refractivity contribution in [2.45, 2.75) is 51.6 Å². The Morgan fingerprint density at radius 2 is 1.80 bits per heavy atom. The van der Waals surface area contributed by atoms with Gasteiger partial charge in [-0.3, -0.25) is 4.79 Å². The molecule has 0 fully saturated rings. The maximum Gasteiger partial charge on any atom is 0.329 e. The Labute approximate surface area is 90.0 Å². The number of nitrogens with two attached hydrogens (primary N) is 1. The molecule has 88 valence electrons. The van der Waals surface area contributed by atoms with E-state index in [9.17, 15) is 9.59 Å². The van der Waals surface area contributed by atoms with Crippen molar-refractivity contribution in [1.29, 1.82) is 0 Å². The number of hydrogen-bond acceptors (Lipinski definition) is 3. The summed E-state index contributed by atoms with van der Waals surface area (Å²) in [4.78, 5) is 22.6. The summed E-state index contributed by atoms with van der Waals surface area (Å²) in [6.07, 6.45) is 1.19. The lowest BCUT2D eigenvalue weighted by atomic mass is 9.92. The fraction of sp³-hybridized carbons (Fsp3) is 0.800. The smallest absolute Gasteiger partial charge is 0.329 e. The molecule has 0 radical (unpaired) electrons. The van der Waals surface area contributed by atoms with Crippen LogP contribution in [0.4, 0.5) is 0 Å². The van der Waals surface area contributed by atoms with Crippen LogP contribution >= 0.6 is 0 Å². The lowest BCUT2D eigenvalue weighted by Gasteiger charge is -2.29. The van der Waals surface area contributed by atoms with Crippen molar-refractivity contribution in [2.75, 3.05) is 0 Å². The number of amides is 1. The zero-order valence-electron chi connectivity index (χ0n) is 9.54. The van der Waals surface area contributed by atoms with Crippen molar-refractivity contribution in [1.82, 2.24) is 5.32 Å². The molecule has 0 aromatic heterocycles. The molecule has 0 aliphatic rings. The van der Waals surface area contributed by atoms with Gasteiger partial charge in [0.15, 0.2) is 0 Å². The number of hydrogen-bond donors (Lipinski definition) is 3. The van der Waals surface area contributed by atoms with E-state index in [1.165, 1.54) is 0 Å². The standard InChI is InChI=1S/C10H20N2O3/c1-4-7(11)8(13)12-10(5-2,6-3)9(14)15/h7H,4-6,11H2,1-3H3,(H,12,13)(H,14,15). The maximum atomic E-state index is 11.5. The minimum absolute atomic E-state index is 0.348. The fourth-order valence-corrected chi connectivity index (χ4v) is 1.30. The third kappa shape index (κ3) is 3.20. The van der Waals surface area contributed by atoms with Crippen LogP contribution < -0.4 is 11.1 Å². The average molecular weight is 216 g/mol. The number of aliphatic carboxylic acids is 1. The van der Waals surface area contributed by atoms with Gasteiger partial charge in [-0.2, -0.15) is 0 Å². The molecule has 0 aromatic rings. The Balaban J connectivity index is 4.69. The molecule has 0 rings (SSSR count). The van der Waals surface area contributed by atoms with E-state index in [-0.39, 0.29) is 0 Å². The molecule has 0 aromatic carbocycles. The molecule has 0 saturated carbocycles. The van der Waals surface area contributed by atoms with Crippen LogP contribution in [0.2, 0.25) is 0 Å². The second kappa shape index (κ2) is 5.70. The first-order valence-corrected chi connectivity index (χ1v) is 5.24. The average Bonchev–Trinajstić information content (AvgIpc) is 2.24. The third-order valence-electron chi connectivity index (χ3n) is 2.76. The minimum atomic E-state index is -1.18. The van der Waals surface area contributed by atoms with Gasteiger partial charge in [-0.25, -0.2) is 4.79 Å². The fourth-order valence-electron chi connectivity index (χ4n) is 1.30. The molecule has 0 aliphatic heterocycles. The predicted molar refractivity (Wildman–Crippen MR) is 57.4 cm³/mol. The lowest BCUT2D eigenvalue weighted by molar-refractivity contribution is -0.148. The van der Waals surface area contributed by atoms with Crippen LogP contribution in [0.1, 0.15) is 40.0 Å². The number of carboxylic acid groups (broad SMARTS) is 1. The highest BCUT2D eigenvalue weighted by atomic mass is 16.4. The van der Waals surface area contributed by atoms with Crippen LogP contribution in [0, 0.1) is 0 Å². The van der Waals surface area contributed by atoms with Gasteiger partial charge in [-0.15, -0.1) is 0 Å². The van der Waals surface area contributed by atoms with Crippen molar-refractivity contribution < 1.29 is 14.7 Å². The normalized spacial score (nSPS) is 13.3. The van der Waals surface area contributed by atoms with Gasteiger partial charge in [0, 0.05) is 0 Å². The zero-order valence-corrected chi connectivity index (χ0v) is 9.54. The molecule has 5 nitrogen and oxygen atoms in total. The largest absolute Gasteiger partial charge is 0.480 e. The number of nitrogens with one attached hydrogen (secondary N) is 1. The van der Waals surface area contributed by atoms with Gasteiger partial charge in [-0.1, -0.05) is 20.8 Å². The molecule has 4 N–H and O–H groups in total. The van der Waals surface area contributed by atoms with Crippen LogP contribution in [0.15, 0.2) is 0 Å². The molecule has 0 bridgehead atoms. The van der Waals surface area contributed by atoms with Crippen LogP contribution in [-0.4, -0.2) is 28.6 Å². The molecular formula is C10H20N2O3. The molecule has 0 aliphatic carbocycles. The van der Waals surface area contributed by atoms with Crippen LogP contribution in [0.3, 0.4) is 0 Å². The summed E-state index contributed by atoms with van der Waals surface area (Å²) in [5.41, 5.74) is 4.35. The SMILES string of the molecule is CCC(N)C(=O)NC(CC)(CC)C(=O)O. The van der Waals surface area contributed by atoms with Gasteiger partial charge in [0.25, 0.3) is 0 Å². The van der Waals surface area contributed by atoms with E-state index < -0.39 is 23.5 Å². The topological polar surface area (TPSA) is 92.4 Å². The van der Waals surface area contributed by atoms with Gasteiger partial charge >= 0.3 is 5.97 Å². The Morgan fingerprint density at radius 1 is 1.33 bits per heavy atom. The van der Waals surface area contributed by atoms with Crippen LogP contribution in [-0.2, 0) is 9.59 Å². The van der Waals surface area contributed by atoms with E-state index in [0.29, 0.717) is 19.3 Å². The first-order valence-electron chi connectivity index (χ1n) is 5.24. The number of carboxylic acids is 1. The van der Waals surface area contributed by atoms with Crippen molar-refractivity contribution in [2.24, 2.45) is 5.73 Å². The van der Waals surface area contributed by atoms with Gasteiger partial charge in [0.05, 0.1) is 6.04 Å². The summed E-state index contributed by atoms with van der Waals surface area (Å²) in [6.45, 7) is 5.25. The Bertz CT molecular complexity index is 237. The number of rotatable bonds is 6. The molecule has 15 heavy (non-hydrogen) atoms. The van der Waals surface area contributed by atoms with Crippen molar-refractivity contribution in [3.05, 3.63) is 0 Å². The first kappa shape index (κ1) is 13.9. The first-order chi connectivity index (χ1) is 6.93. The minimum Gasteiger partial charge on any atom is -0.480 e. The molecule has 1 atom stereocenters. The highest BCUT2D eigenvalue weighted by Gasteiger charge is 2.37. The third-order valence-corrected chi connectivity index (χ3v) is 2.76. The van der Waals surface area contributed by atoms with Crippen molar-refractivity contribution in [3.63, 3.8) is 0 Å². The molecule has 5 heteroatoms. The van der Waals surface area contributed by atoms with Crippen molar-refractivity contribution >= 4 is 11.9 Å². The Hall–Kier alpha value is -1.10. The van der Waals surface area contributed by atoms with E-state index in [1.54, 1.807) is 20.8 Å². The van der Waals surface area contributed by atoms with Crippen molar-refractivity contribution in [3.8, 4) is 0 Å². The summed E-state index contributed by atoms with van der Waals surface area (Å²) in [6, 6.07) is -0.637. The maximum absolute atomic E-state index is 11.5. The van der Waals surface area contributed by atoms with E-state index in [1.807, 2.05) is 0 Å². The molecule has 0 saturated heterocycles. The van der Waals surface area contributed by atoms with Crippen LogP contribution in [0.5, 0.6) is 0 Å². The number of carbonyl (C=O) groups is 2. The molecule has 1 amide bonds. The summed E-state index contributed by atoms with van der Waals surface area (Å²) >= 11 is 0. The zero-order chi connectivity index (χ0) is 12.1. The van der Waals surface area contributed by atoms with Gasteiger partial charge in [-0.05, 0) is 19.3 Å². The summed E-state index contributed by atoms with van der Waals surface area (Å²) in [5.74, 6) is -1.41. The second-order valence-corrected chi connectivity index (χ2v) is 3.60.